The van der Waals surface area contributed by atoms with Crippen LogP contribution in [0.1, 0.15) is 13.3 Å². The number of rotatable bonds is 7. The van der Waals surface area contributed by atoms with Gasteiger partial charge in [-0.15, -0.1) is 0 Å². The highest BCUT2D eigenvalue weighted by Gasteiger charge is 2.32. The minimum absolute atomic E-state index is 0.00330. The number of nitrogens with one attached hydrogen (secondary N) is 1. The van der Waals surface area contributed by atoms with Gasteiger partial charge < -0.3 is 10.1 Å². The van der Waals surface area contributed by atoms with Gasteiger partial charge in [-0.2, -0.15) is 0 Å². The smallest absolute Gasteiger partial charge is 0.248 e. The van der Waals surface area contributed by atoms with E-state index in [0.717, 1.165) is 22.7 Å². The Morgan fingerprint density at radius 3 is 2.39 bits per heavy atom. The number of methoxy groups -OCH3 is 1. The summed E-state index contributed by atoms with van der Waals surface area (Å²) in [5.74, 6) is -2.55. The molecule has 10 heteroatoms. The first-order valence-electron chi connectivity index (χ1n) is 8.17. The Morgan fingerprint density at radius 2 is 1.89 bits per heavy atom. The Morgan fingerprint density at radius 1 is 1.21 bits per heavy atom. The molecule has 0 radical (unpaired) electrons. The van der Waals surface area contributed by atoms with Gasteiger partial charge in [-0.3, -0.25) is 9.10 Å². The van der Waals surface area contributed by atoms with Gasteiger partial charge in [0, 0.05) is 11.8 Å². The number of sulfonamides is 1. The molecule has 1 amide bonds. The van der Waals surface area contributed by atoms with E-state index in [9.17, 15) is 22.0 Å². The zero-order chi connectivity index (χ0) is 21.1. The molecule has 2 aromatic rings. The molecule has 0 heterocycles. The molecule has 0 fully saturated rings. The average Bonchev–Trinajstić information content (AvgIpc) is 2.61. The zero-order valence-electron chi connectivity index (χ0n) is 15.4. The number of anilines is 2. The van der Waals surface area contributed by atoms with Gasteiger partial charge in [0.15, 0.2) is 11.6 Å². The number of amides is 1. The summed E-state index contributed by atoms with van der Waals surface area (Å²) in [7, 11) is -2.46. The van der Waals surface area contributed by atoms with E-state index in [-0.39, 0.29) is 22.8 Å². The van der Waals surface area contributed by atoms with Crippen LogP contribution < -0.4 is 14.4 Å². The van der Waals surface area contributed by atoms with Crippen molar-refractivity contribution >= 4 is 38.9 Å². The summed E-state index contributed by atoms with van der Waals surface area (Å²) in [5.41, 5.74) is 0.171. The second-order valence-corrected chi connectivity index (χ2v) is 8.19. The highest BCUT2D eigenvalue weighted by atomic mass is 35.5. The first kappa shape index (κ1) is 21.9. The molecule has 0 aromatic heterocycles. The van der Waals surface area contributed by atoms with E-state index in [1.165, 1.54) is 31.4 Å². The number of hydrogen-bond donors (Lipinski definition) is 1. The number of hydrogen-bond acceptors (Lipinski definition) is 4. The van der Waals surface area contributed by atoms with Crippen molar-refractivity contribution in [1.29, 1.82) is 0 Å². The molecule has 1 atom stereocenters. The van der Waals surface area contributed by atoms with Crippen LogP contribution in [0.4, 0.5) is 20.2 Å². The highest BCUT2D eigenvalue weighted by Crippen LogP contribution is 2.32. The van der Waals surface area contributed by atoms with Crippen LogP contribution in [0.15, 0.2) is 36.4 Å². The molecule has 6 nitrogen and oxygen atoms in total. The SMILES string of the molecule is CC[C@H](C(=O)Nc1ccc(F)c(F)c1)N(c1ccc(OC)c(Cl)c1)S(C)(=O)=O. The minimum Gasteiger partial charge on any atom is -0.495 e. The lowest BCUT2D eigenvalue weighted by Crippen LogP contribution is -2.47. The molecule has 0 aliphatic rings. The molecule has 0 bridgehead atoms. The fraction of sp³-hybridized carbons (Fsp3) is 0.278. The Balaban J connectivity index is 2.41. The van der Waals surface area contributed by atoms with Crippen LogP contribution in [0.5, 0.6) is 5.75 Å². The van der Waals surface area contributed by atoms with E-state index in [4.69, 9.17) is 16.3 Å². The number of ether oxygens (including phenoxy) is 1. The monoisotopic (exact) mass is 432 g/mol. The number of carbonyl (C=O) groups is 1. The van der Waals surface area contributed by atoms with E-state index in [1.54, 1.807) is 6.92 Å². The lowest BCUT2D eigenvalue weighted by Gasteiger charge is -2.30. The molecule has 0 saturated carbocycles. The van der Waals surface area contributed by atoms with Gasteiger partial charge >= 0.3 is 0 Å². The molecule has 28 heavy (non-hydrogen) atoms. The van der Waals surface area contributed by atoms with Gasteiger partial charge in [0.2, 0.25) is 15.9 Å². The van der Waals surface area contributed by atoms with E-state index >= 15 is 0 Å². The van der Waals surface area contributed by atoms with E-state index in [1.807, 2.05) is 0 Å². The van der Waals surface area contributed by atoms with Gasteiger partial charge in [-0.1, -0.05) is 18.5 Å². The Bertz CT molecular complexity index is 986. The van der Waals surface area contributed by atoms with Crippen LogP contribution in [0.2, 0.25) is 5.02 Å². The Kier molecular flexibility index (Phi) is 6.84. The quantitative estimate of drug-likeness (QED) is 0.721. The summed E-state index contributed by atoms with van der Waals surface area (Å²) < 4.78 is 57.3. The van der Waals surface area contributed by atoms with E-state index in [2.05, 4.69) is 5.32 Å². The van der Waals surface area contributed by atoms with Gasteiger partial charge in [-0.05, 0) is 36.8 Å². The molecular formula is C18H19ClF2N2O4S. The van der Waals surface area contributed by atoms with Gasteiger partial charge in [-0.25, -0.2) is 17.2 Å². The first-order chi connectivity index (χ1) is 13.1. The maximum absolute atomic E-state index is 13.4. The highest BCUT2D eigenvalue weighted by molar-refractivity contribution is 7.92. The van der Waals surface area contributed by atoms with Gasteiger partial charge in [0.25, 0.3) is 0 Å². The summed E-state index contributed by atoms with van der Waals surface area (Å²) in [6.45, 7) is 1.62. The van der Waals surface area contributed by atoms with Crippen molar-refractivity contribution < 1.29 is 26.7 Å². The Labute approximate surface area is 167 Å². The zero-order valence-corrected chi connectivity index (χ0v) is 16.9. The molecule has 0 spiro atoms. The number of nitrogens with zero attached hydrogens (tertiary/aromatic N) is 1. The number of carbonyl (C=O) groups excluding carboxylic acids is 1. The second-order valence-electron chi connectivity index (χ2n) is 5.92. The summed E-state index contributed by atoms with van der Waals surface area (Å²) in [6, 6.07) is 6.02. The van der Waals surface area contributed by atoms with Crippen LogP contribution >= 0.6 is 11.6 Å². The molecular weight excluding hydrogens is 414 g/mol. The summed E-state index contributed by atoms with van der Waals surface area (Å²) in [5, 5.41) is 2.58. The first-order valence-corrected chi connectivity index (χ1v) is 10.4. The maximum Gasteiger partial charge on any atom is 0.248 e. The predicted molar refractivity (Wildman–Crippen MR) is 104 cm³/mol. The Hall–Kier alpha value is -2.39. The number of halogens is 3. The van der Waals surface area contributed by atoms with Crippen molar-refractivity contribution in [2.45, 2.75) is 19.4 Å². The van der Waals surface area contributed by atoms with Crippen molar-refractivity contribution in [3.05, 3.63) is 53.1 Å². The molecule has 1 N–H and O–H groups in total. The fourth-order valence-electron chi connectivity index (χ4n) is 2.65. The second kappa shape index (κ2) is 8.74. The van der Waals surface area contributed by atoms with Crippen LogP contribution in [0, 0.1) is 11.6 Å². The van der Waals surface area contributed by atoms with Crippen LogP contribution in [0.3, 0.4) is 0 Å². The van der Waals surface area contributed by atoms with Crippen LogP contribution in [0.25, 0.3) is 0 Å². The molecule has 0 unspecified atom stereocenters. The lowest BCUT2D eigenvalue weighted by atomic mass is 10.1. The fourth-order valence-corrected chi connectivity index (χ4v) is 4.11. The average molecular weight is 433 g/mol. The van der Waals surface area contributed by atoms with Crippen molar-refractivity contribution in [2.24, 2.45) is 0 Å². The van der Waals surface area contributed by atoms with Crippen LogP contribution in [-0.4, -0.2) is 33.7 Å². The molecule has 0 aliphatic heterocycles. The third-order valence-corrected chi connectivity index (χ3v) is 5.38. The summed E-state index contributed by atoms with van der Waals surface area (Å²) in [6.07, 6.45) is 1.07. The van der Waals surface area contributed by atoms with Crippen molar-refractivity contribution in [3.8, 4) is 5.75 Å². The topological polar surface area (TPSA) is 75.7 Å². The maximum atomic E-state index is 13.4. The molecule has 2 aromatic carbocycles. The predicted octanol–water partition coefficient (Wildman–Crippen LogP) is 3.81. The van der Waals surface area contributed by atoms with Crippen molar-refractivity contribution in [3.63, 3.8) is 0 Å². The summed E-state index contributed by atoms with van der Waals surface area (Å²) in [4.78, 5) is 12.7. The lowest BCUT2D eigenvalue weighted by molar-refractivity contribution is -0.117. The van der Waals surface area contributed by atoms with Crippen LogP contribution in [-0.2, 0) is 14.8 Å². The largest absolute Gasteiger partial charge is 0.495 e. The molecule has 152 valence electrons. The minimum atomic E-state index is -3.88. The van der Waals surface area contributed by atoms with Crippen molar-refractivity contribution in [1.82, 2.24) is 0 Å². The summed E-state index contributed by atoms with van der Waals surface area (Å²) >= 11 is 6.09. The van der Waals surface area contributed by atoms with Gasteiger partial charge in [0.05, 0.1) is 24.1 Å². The molecule has 0 saturated heterocycles. The third-order valence-electron chi connectivity index (χ3n) is 3.91. The van der Waals surface area contributed by atoms with Gasteiger partial charge in [0.1, 0.15) is 11.8 Å². The normalized spacial score (nSPS) is 12.4. The molecule has 0 aliphatic carbocycles. The van der Waals surface area contributed by atoms with E-state index < -0.39 is 33.6 Å². The standard InChI is InChI=1S/C18H19ClF2N2O4S/c1-4-16(18(24)22-11-5-7-14(20)15(21)9-11)23(28(3,25)26)12-6-8-17(27-2)13(19)10-12/h5-10,16H,4H2,1-3H3,(H,22,24)/t16-/m1/s1. The number of benzene rings is 2. The van der Waals surface area contributed by atoms with Crippen molar-refractivity contribution in [2.75, 3.05) is 23.0 Å². The third kappa shape index (κ3) is 4.90. The molecule has 2 rings (SSSR count). The van der Waals surface area contributed by atoms with E-state index in [0.29, 0.717) is 5.75 Å².